The molecule has 0 rings (SSSR count). The van der Waals surface area contributed by atoms with Gasteiger partial charge in [0.05, 0.1) is 26.1 Å². The third-order valence-corrected chi connectivity index (χ3v) is 2.66. The van der Waals surface area contributed by atoms with Crippen molar-refractivity contribution in [2.75, 3.05) is 26.4 Å². The highest BCUT2D eigenvalue weighted by molar-refractivity contribution is 5.77. The zero-order valence-electron chi connectivity index (χ0n) is 12.0. The summed E-state index contributed by atoms with van der Waals surface area (Å²) in [5, 5.41) is 17.1. The lowest BCUT2D eigenvalue weighted by atomic mass is 10.2. The number of aliphatic hydroxyl groups is 2. The number of esters is 2. The van der Waals surface area contributed by atoms with Crippen LogP contribution in [0.15, 0.2) is 0 Å². The van der Waals surface area contributed by atoms with E-state index in [1.54, 1.807) is 0 Å². The summed E-state index contributed by atoms with van der Waals surface area (Å²) in [4.78, 5) is 22.6. The molecule has 0 spiro atoms. The van der Waals surface area contributed by atoms with E-state index in [1.165, 1.54) is 0 Å². The normalized spacial score (nSPS) is 10.3. The summed E-state index contributed by atoms with van der Waals surface area (Å²) in [6.45, 7) is 0.959. The van der Waals surface area contributed by atoms with Gasteiger partial charge in [0.15, 0.2) is 0 Å². The topological polar surface area (TPSA) is 93.1 Å². The molecule has 0 amide bonds. The van der Waals surface area contributed by atoms with Gasteiger partial charge in [-0.15, -0.1) is 0 Å². The molecule has 0 aliphatic rings. The van der Waals surface area contributed by atoms with Gasteiger partial charge < -0.3 is 19.7 Å². The SMILES string of the molecule is O=C(CCC(=O)OCCCCCO)OCCCCCO. The first-order chi connectivity index (χ1) is 9.70. The lowest BCUT2D eigenvalue weighted by Crippen LogP contribution is -2.11. The summed E-state index contributed by atoms with van der Waals surface area (Å²) < 4.78 is 9.88. The van der Waals surface area contributed by atoms with Crippen LogP contribution >= 0.6 is 0 Å². The van der Waals surface area contributed by atoms with E-state index >= 15 is 0 Å². The van der Waals surface area contributed by atoms with E-state index in [2.05, 4.69) is 0 Å². The Labute approximate surface area is 120 Å². The van der Waals surface area contributed by atoms with Crippen molar-refractivity contribution in [2.45, 2.75) is 51.4 Å². The minimum atomic E-state index is -0.397. The molecule has 0 aromatic carbocycles. The van der Waals surface area contributed by atoms with Crippen molar-refractivity contribution in [3.63, 3.8) is 0 Å². The van der Waals surface area contributed by atoms with E-state index in [4.69, 9.17) is 19.7 Å². The summed E-state index contributed by atoms with van der Waals surface area (Å²) >= 11 is 0. The Bertz CT molecular complexity index is 228. The Balaban J connectivity index is 3.37. The van der Waals surface area contributed by atoms with Crippen molar-refractivity contribution >= 4 is 11.9 Å². The molecule has 6 nitrogen and oxygen atoms in total. The summed E-state index contributed by atoms with van der Waals surface area (Å²) in [6, 6.07) is 0. The number of rotatable bonds is 13. The number of hydrogen-bond donors (Lipinski definition) is 2. The molecule has 0 saturated heterocycles. The van der Waals surface area contributed by atoms with E-state index in [9.17, 15) is 9.59 Å². The van der Waals surface area contributed by atoms with Crippen molar-refractivity contribution < 1.29 is 29.3 Å². The number of ether oxygens (including phenoxy) is 2. The highest BCUT2D eigenvalue weighted by Gasteiger charge is 2.08. The Kier molecular flexibility index (Phi) is 13.5. The molecule has 0 radical (unpaired) electrons. The van der Waals surface area contributed by atoms with Crippen molar-refractivity contribution in [2.24, 2.45) is 0 Å². The van der Waals surface area contributed by atoms with Gasteiger partial charge >= 0.3 is 11.9 Å². The second kappa shape index (κ2) is 14.3. The lowest BCUT2D eigenvalue weighted by Gasteiger charge is -2.05. The molecule has 0 aromatic rings. The van der Waals surface area contributed by atoms with Gasteiger partial charge in [0.25, 0.3) is 0 Å². The molecule has 6 heteroatoms. The number of aliphatic hydroxyl groups excluding tert-OH is 2. The van der Waals surface area contributed by atoms with Gasteiger partial charge in [-0.2, -0.15) is 0 Å². The first kappa shape index (κ1) is 18.9. The van der Waals surface area contributed by atoms with Crippen molar-refractivity contribution in [1.29, 1.82) is 0 Å². The predicted octanol–water partition coefficient (Wildman–Crippen LogP) is 1.18. The Hall–Kier alpha value is -1.14. The van der Waals surface area contributed by atoms with E-state index in [0.29, 0.717) is 26.1 Å². The van der Waals surface area contributed by atoms with E-state index in [1.807, 2.05) is 0 Å². The molecule has 0 aliphatic heterocycles. The van der Waals surface area contributed by atoms with Crippen LogP contribution in [-0.2, 0) is 19.1 Å². The van der Waals surface area contributed by atoms with Crippen molar-refractivity contribution in [3.8, 4) is 0 Å². The van der Waals surface area contributed by atoms with Gasteiger partial charge in [-0.3, -0.25) is 9.59 Å². The minimum Gasteiger partial charge on any atom is -0.466 e. The second-order valence-corrected chi connectivity index (χ2v) is 4.51. The molecule has 0 aliphatic carbocycles. The maximum absolute atomic E-state index is 11.3. The Morgan fingerprint density at radius 1 is 0.650 bits per heavy atom. The largest absolute Gasteiger partial charge is 0.466 e. The van der Waals surface area contributed by atoms with Gasteiger partial charge in [0.1, 0.15) is 0 Å². The molecule has 0 fully saturated rings. The average molecular weight is 290 g/mol. The van der Waals surface area contributed by atoms with Crippen LogP contribution in [0.2, 0.25) is 0 Å². The summed E-state index contributed by atoms with van der Waals surface area (Å²) in [7, 11) is 0. The van der Waals surface area contributed by atoms with Crippen LogP contribution in [0.3, 0.4) is 0 Å². The summed E-state index contributed by atoms with van der Waals surface area (Å²) in [6.07, 6.45) is 4.58. The fourth-order valence-electron chi connectivity index (χ4n) is 1.50. The molecular weight excluding hydrogens is 264 g/mol. The number of hydrogen-bond acceptors (Lipinski definition) is 6. The van der Waals surface area contributed by atoms with Gasteiger partial charge in [-0.05, 0) is 38.5 Å². The molecule has 0 heterocycles. The first-order valence-corrected chi connectivity index (χ1v) is 7.23. The van der Waals surface area contributed by atoms with E-state index in [0.717, 1.165) is 25.7 Å². The highest BCUT2D eigenvalue weighted by Crippen LogP contribution is 2.01. The molecular formula is C14H26O6. The van der Waals surface area contributed by atoms with Gasteiger partial charge in [0, 0.05) is 13.2 Å². The number of carbonyl (C=O) groups is 2. The van der Waals surface area contributed by atoms with Crippen LogP contribution in [0.1, 0.15) is 51.4 Å². The molecule has 0 bridgehead atoms. The third-order valence-electron chi connectivity index (χ3n) is 2.66. The van der Waals surface area contributed by atoms with Crippen LogP contribution in [-0.4, -0.2) is 48.6 Å². The smallest absolute Gasteiger partial charge is 0.306 e. The molecule has 118 valence electrons. The molecule has 0 aromatic heterocycles. The van der Waals surface area contributed by atoms with E-state index in [-0.39, 0.29) is 26.1 Å². The predicted molar refractivity (Wildman–Crippen MR) is 73.0 cm³/mol. The quantitative estimate of drug-likeness (QED) is 0.391. The van der Waals surface area contributed by atoms with Crippen LogP contribution in [0.4, 0.5) is 0 Å². The minimum absolute atomic E-state index is 0.0372. The summed E-state index contributed by atoms with van der Waals surface area (Å²) in [5.74, 6) is -0.794. The first-order valence-electron chi connectivity index (χ1n) is 7.23. The maximum atomic E-state index is 11.3. The van der Waals surface area contributed by atoms with Crippen molar-refractivity contribution in [1.82, 2.24) is 0 Å². The number of unbranched alkanes of at least 4 members (excludes halogenated alkanes) is 4. The monoisotopic (exact) mass is 290 g/mol. The van der Waals surface area contributed by atoms with Crippen LogP contribution in [0.25, 0.3) is 0 Å². The van der Waals surface area contributed by atoms with Crippen LogP contribution in [0, 0.1) is 0 Å². The molecule has 20 heavy (non-hydrogen) atoms. The molecule has 0 unspecified atom stereocenters. The Morgan fingerprint density at radius 2 is 1.05 bits per heavy atom. The van der Waals surface area contributed by atoms with Crippen molar-refractivity contribution in [3.05, 3.63) is 0 Å². The molecule has 0 atom stereocenters. The maximum Gasteiger partial charge on any atom is 0.306 e. The van der Waals surface area contributed by atoms with E-state index < -0.39 is 11.9 Å². The average Bonchev–Trinajstić information content (AvgIpc) is 2.44. The van der Waals surface area contributed by atoms with Gasteiger partial charge in [-0.25, -0.2) is 0 Å². The lowest BCUT2D eigenvalue weighted by molar-refractivity contribution is -0.150. The highest BCUT2D eigenvalue weighted by atomic mass is 16.5. The van der Waals surface area contributed by atoms with Gasteiger partial charge in [0.2, 0.25) is 0 Å². The van der Waals surface area contributed by atoms with Crippen LogP contribution in [0.5, 0.6) is 0 Å². The fourth-order valence-corrected chi connectivity index (χ4v) is 1.50. The van der Waals surface area contributed by atoms with Crippen LogP contribution < -0.4 is 0 Å². The second-order valence-electron chi connectivity index (χ2n) is 4.51. The standard InChI is InChI=1S/C14H26O6/c15-9-3-1-5-11-19-13(17)7-8-14(18)20-12-6-2-4-10-16/h15-16H,1-12H2. The third kappa shape index (κ3) is 13.3. The summed E-state index contributed by atoms with van der Waals surface area (Å²) in [5.41, 5.74) is 0. The van der Waals surface area contributed by atoms with Gasteiger partial charge in [-0.1, -0.05) is 0 Å². The number of carbonyl (C=O) groups excluding carboxylic acids is 2. The zero-order valence-corrected chi connectivity index (χ0v) is 12.0. The zero-order chi connectivity index (χ0) is 15.1. The molecule has 2 N–H and O–H groups in total. The fraction of sp³-hybridized carbons (Fsp3) is 0.857. The molecule has 0 saturated carbocycles. The Morgan fingerprint density at radius 3 is 1.40 bits per heavy atom.